The first-order valence-electron chi connectivity index (χ1n) is 6.02. The number of nitrogens with one attached hydrogen (secondary N) is 2. The maximum atomic E-state index is 11.9. The Bertz CT molecular complexity index is 324. The zero-order valence-corrected chi connectivity index (χ0v) is 11.7. The fourth-order valence-corrected chi connectivity index (χ4v) is 1.29. The van der Waals surface area contributed by atoms with Gasteiger partial charge in [-0.3, -0.25) is 15.0 Å². The largest absolute Gasteiger partial charge is 0.405 e. The predicted molar refractivity (Wildman–Crippen MR) is 66.2 cm³/mol. The number of carbonyl (C=O) groups is 2. The minimum atomic E-state index is -4.51. The molecule has 0 spiro atoms. The number of halogens is 3. The lowest BCUT2D eigenvalue weighted by atomic mass is 10.2. The Hall–Kier alpha value is -1.35. The van der Waals surface area contributed by atoms with Gasteiger partial charge in [-0.1, -0.05) is 0 Å². The number of urea groups is 1. The van der Waals surface area contributed by atoms with E-state index in [0.29, 0.717) is 19.6 Å². The summed E-state index contributed by atoms with van der Waals surface area (Å²) >= 11 is 0. The number of nitrogens with zero attached hydrogens (tertiary/aromatic N) is 1. The molecular formula is C11H20F3N3O3. The van der Waals surface area contributed by atoms with Gasteiger partial charge in [-0.15, -0.1) is 0 Å². The monoisotopic (exact) mass is 299 g/mol. The lowest BCUT2D eigenvalue weighted by molar-refractivity contribution is -0.126. The van der Waals surface area contributed by atoms with Gasteiger partial charge >= 0.3 is 12.2 Å². The highest BCUT2D eigenvalue weighted by molar-refractivity contribution is 5.96. The van der Waals surface area contributed by atoms with Gasteiger partial charge in [-0.2, -0.15) is 13.2 Å². The van der Waals surface area contributed by atoms with Crippen LogP contribution in [0.2, 0.25) is 0 Å². The summed E-state index contributed by atoms with van der Waals surface area (Å²) in [6.07, 6.45) is -3.81. The number of ether oxygens (including phenoxy) is 1. The molecule has 0 aromatic heterocycles. The molecule has 0 fully saturated rings. The molecule has 0 radical (unpaired) electrons. The van der Waals surface area contributed by atoms with E-state index in [-0.39, 0.29) is 0 Å². The molecule has 0 rings (SSSR count). The van der Waals surface area contributed by atoms with E-state index >= 15 is 0 Å². The zero-order valence-electron chi connectivity index (χ0n) is 11.7. The zero-order chi connectivity index (χ0) is 15.8. The van der Waals surface area contributed by atoms with E-state index in [2.05, 4.69) is 0 Å². The number of likely N-dealkylation sites (N-methyl/N-ethyl adjacent to an activating group) is 1. The van der Waals surface area contributed by atoms with Gasteiger partial charge in [0.2, 0.25) is 5.91 Å². The van der Waals surface area contributed by atoms with Crippen molar-refractivity contribution in [2.24, 2.45) is 0 Å². The average Bonchev–Trinajstić information content (AvgIpc) is 2.34. The highest BCUT2D eigenvalue weighted by Gasteiger charge is 2.28. The summed E-state index contributed by atoms with van der Waals surface area (Å²) in [6, 6.07) is -1.80. The quantitative estimate of drug-likeness (QED) is 0.680. The highest BCUT2D eigenvalue weighted by Crippen LogP contribution is 2.11. The molecule has 6 nitrogen and oxygen atoms in total. The second-order valence-electron chi connectivity index (χ2n) is 4.29. The van der Waals surface area contributed by atoms with Crippen molar-refractivity contribution in [3.05, 3.63) is 0 Å². The Morgan fingerprint density at radius 2 is 1.95 bits per heavy atom. The predicted octanol–water partition coefficient (Wildman–Crippen LogP) is 0.731. The maximum Gasteiger partial charge on any atom is 0.405 e. The van der Waals surface area contributed by atoms with Gasteiger partial charge < -0.3 is 10.1 Å². The molecule has 9 heteroatoms. The fraction of sp³-hybridized carbons (Fsp3) is 0.818. The van der Waals surface area contributed by atoms with Crippen LogP contribution in [-0.2, 0) is 9.53 Å². The summed E-state index contributed by atoms with van der Waals surface area (Å²) in [5.41, 5.74) is 0. The minimum absolute atomic E-state index is 0.532. The lowest BCUT2D eigenvalue weighted by Crippen LogP contribution is -2.50. The number of alkyl halides is 3. The second-order valence-corrected chi connectivity index (χ2v) is 4.29. The van der Waals surface area contributed by atoms with Crippen molar-refractivity contribution in [3.8, 4) is 0 Å². The number of rotatable bonds is 7. The topological polar surface area (TPSA) is 70.7 Å². The highest BCUT2D eigenvalue weighted by atomic mass is 19.4. The number of hydrogen-bond donors (Lipinski definition) is 2. The number of imide groups is 1. The summed E-state index contributed by atoms with van der Waals surface area (Å²) < 4.78 is 40.5. The molecule has 3 amide bonds. The van der Waals surface area contributed by atoms with Crippen molar-refractivity contribution in [2.75, 3.05) is 33.9 Å². The van der Waals surface area contributed by atoms with Crippen LogP contribution in [0, 0.1) is 0 Å². The molecule has 0 saturated heterocycles. The van der Waals surface area contributed by atoms with Gasteiger partial charge in [0.1, 0.15) is 6.54 Å². The van der Waals surface area contributed by atoms with Crippen LogP contribution in [0.15, 0.2) is 0 Å². The Kier molecular flexibility index (Phi) is 8.16. The molecule has 20 heavy (non-hydrogen) atoms. The van der Waals surface area contributed by atoms with E-state index in [0.717, 1.165) is 0 Å². The SMILES string of the molecule is COCCCN(C)C(C)C(=O)NC(=O)NCC(F)(F)F. The van der Waals surface area contributed by atoms with Crippen LogP contribution in [0.3, 0.4) is 0 Å². The first kappa shape index (κ1) is 18.7. The number of amides is 3. The van der Waals surface area contributed by atoms with Crippen LogP contribution < -0.4 is 10.6 Å². The fourth-order valence-electron chi connectivity index (χ4n) is 1.29. The molecule has 118 valence electrons. The molecule has 2 N–H and O–H groups in total. The third-order valence-corrected chi connectivity index (χ3v) is 2.59. The molecule has 0 aliphatic heterocycles. The van der Waals surface area contributed by atoms with Crippen molar-refractivity contribution < 1.29 is 27.5 Å². The van der Waals surface area contributed by atoms with Crippen LogP contribution in [-0.4, -0.2) is 62.9 Å². The molecule has 0 aliphatic rings. The Morgan fingerprint density at radius 3 is 2.45 bits per heavy atom. The number of hydrogen-bond acceptors (Lipinski definition) is 4. The molecule has 0 aliphatic carbocycles. The molecule has 1 unspecified atom stereocenters. The Morgan fingerprint density at radius 1 is 1.35 bits per heavy atom. The number of methoxy groups -OCH3 is 1. The van der Waals surface area contributed by atoms with Crippen LogP contribution in [0.25, 0.3) is 0 Å². The Labute approximate surface area is 115 Å². The van der Waals surface area contributed by atoms with E-state index in [9.17, 15) is 22.8 Å². The minimum Gasteiger partial charge on any atom is -0.385 e. The molecule has 0 aromatic rings. The average molecular weight is 299 g/mol. The normalized spacial score (nSPS) is 13.2. The van der Waals surface area contributed by atoms with Crippen LogP contribution >= 0.6 is 0 Å². The summed E-state index contributed by atoms with van der Waals surface area (Å²) in [5, 5.41) is 3.43. The Balaban J connectivity index is 4.08. The summed E-state index contributed by atoms with van der Waals surface area (Å²) in [7, 11) is 3.23. The van der Waals surface area contributed by atoms with Crippen molar-refractivity contribution in [1.29, 1.82) is 0 Å². The van der Waals surface area contributed by atoms with E-state index in [1.165, 1.54) is 0 Å². The number of carbonyl (C=O) groups excluding carboxylic acids is 2. The van der Waals surface area contributed by atoms with E-state index in [1.54, 1.807) is 31.3 Å². The molecule has 0 bridgehead atoms. The van der Waals surface area contributed by atoms with E-state index in [4.69, 9.17) is 4.74 Å². The van der Waals surface area contributed by atoms with Gasteiger partial charge in [-0.25, -0.2) is 4.79 Å². The van der Waals surface area contributed by atoms with Gasteiger partial charge in [0.25, 0.3) is 0 Å². The van der Waals surface area contributed by atoms with Crippen LogP contribution in [0.4, 0.5) is 18.0 Å². The van der Waals surface area contributed by atoms with Crippen molar-refractivity contribution in [1.82, 2.24) is 15.5 Å². The van der Waals surface area contributed by atoms with Crippen molar-refractivity contribution in [3.63, 3.8) is 0 Å². The van der Waals surface area contributed by atoms with Crippen LogP contribution in [0.5, 0.6) is 0 Å². The van der Waals surface area contributed by atoms with Gasteiger partial charge in [-0.05, 0) is 20.4 Å². The summed E-state index contributed by atoms with van der Waals surface area (Å²) in [6.45, 7) is 1.17. The second kappa shape index (κ2) is 8.75. The smallest absolute Gasteiger partial charge is 0.385 e. The molecule has 1 atom stereocenters. The van der Waals surface area contributed by atoms with E-state index < -0.39 is 30.7 Å². The molecule has 0 heterocycles. The molecular weight excluding hydrogens is 279 g/mol. The van der Waals surface area contributed by atoms with E-state index in [1.807, 2.05) is 5.32 Å². The lowest BCUT2D eigenvalue weighted by Gasteiger charge is -2.23. The van der Waals surface area contributed by atoms with Crippen molar-refractivity contribution in [2.45, 2.75) is 25.6 Å². The molecule has 0 aromatic carbocycles. The van der Waals surface area contributed by atoms with Gasteiger partial charge in [0.15, 0.2) is 0 Å². The third kappa shape index (κ3) is 8.70. The summed E-state index contributed by atoms with van der Waals surface area (Å²) in [5.74, 6) is -0.662. The first-order chi connectivity index (χ1) is 9.17. The third-order valence-electron chi connectivity index (χ3n) is 2.59. The van der Waals surface area contributed by atoms with Crippen molar-refractivity contribution >= 4 is 11.9 Å². The molecule has 0 saturated carbocycles. The standard InChI is InChI=1S/C11H20F3N3O3/c1-8(17(2)5-4-6-20-3)9(18)16-10(19)15-7-11(12,13)14/h8H,4-7H2,1-3H3,(H2,15,16,18,19). The maximum absolute atomic E-state index is 11.9. The summed E-state index contributed by atoms with van der Waals surface area (Å²) in [4.78, 5) is 24.4. The van der Waals surface area contributed by atoms with Gasteiger partial charge in [0, 0.05) is 20.3 Å². The van der Waals surface area contributed by atoms with Gasteiger partial charge in [0.05, 0.1) is 6.04 Å². The van der Waals surface area contributed by atoms with Crippen LogP contribution in [0.1, 0.15) is 13.3 Å². The first-order valence-corrected chi connectivity index (χ1v) is 6.02.